The molecule has 0 bridgehead atoms. The zero-order chi connectivity index (χ0) is 10.0. The van der Waals surface area contributed by atoms with Crippen molar-refractivity contribution in [1.82, 2.24) is 15.1 Å². The number of aryl methyl sites for hydroxylation is 1. The van der Waals surface area contributed by atoms with Gasteiger partial charge in [0.1, 0.15) is 5.69 Å². The van der Waals surface area contributed by atoms with Gasteiger partial charge in [-0.3, -0.25) is 14.3 Å². The minimum atomic E-state index is -0.647. The highest BCUT2D eigenvalue weighted by Crippen LogP contribution is 2.01. The van der Waals surface area contributed by atoms with E-state index in [0.717, 1.165) is 0 Å². The van der Waals surface area contributed by atoms with Crippen LogP contribution in [0.4, 0.5) is 0 Å². The molecule has 2 amide bonds. The van der Waals surface area contributed by atoms with Gasteiger partial charge in [-0.25, -0.2) is 0 Å². The number of nitrogens with one attached hydrogen (secondary N) is 1. The Labute approximate surface area is 74.7 Å². The minimum absolute atomic E-state index is 0.0844. The second-order valence-electron chi connectivity index (χ2n) is 2.48. The summed E-state index contributed by atoms with van der Waals surface area (Å²) in [6.07, 6.45) is 0. The maximum absolute atomic E-state index is 11.1. The Morgan fingerprint density at radius 1 is 1.62 bits per heavy atom. The van der Waals surface area contributed by atoms with Gasteiger partial charge >= 0.3 is 0 Å². The molecule has 6 heteroatoms. The van der Waals surface area contributed by atoms with Crippen LogP contribution in [0, 0.1) is 0 Å². The molecule has 0 aliphatic carbocycles. The van der Waals surface area contributed by atoms with Crippen LogP contribution >= 0.6 is 0 Å². The molecule has 0 saturated heterocycles. The first-order valence-electron chi connectivity index (χ1n) is 3.62. The van der Waals surface area contributed by atoms with Crippen LogP contribution in [0.2, 0.25) is 0 Å². The normalized spacial score (nSPS) is 9.69. The SMILES string of the molecule is CNC(=O)c1cc(C(N)=O)nn1C. The van der Waals surface area contributed by atoms with E-state index in [4.69, 9.17) is 5.73 Å². The van der Waals surface area contributed by atoms with Gasteiger partial charge < -0.3 is 11.1 Å². The number of hydrogen-bond donors (Lipinski definition) is 2. The third-order valence-electron chi connectivity index (χ3n) is 1.59. The van der Waals surface area contributed by atoms with Gasteiger partial charge in [-0.05, 0) is 0 Å². The summed E-state index contributed by atoms with van der Waals surface area (Å²) in [5.74, 6) is -0.951. The molecule has 0 aliphatic rings. The van der Waals surface area contributed by atoms with E-state index >= 15 is 0 Å². The topological polar surface area (TPSA) is 90.0 Å². The maximum atomic E-state index is 11.1. The molecule has 0 unspecified atom stereocenters. The number of primary amides is 1. The molecular weight excluding hydrogens is 172 g/mol. The van der Waals surface area contributed by atoms with Crippen LogP contribution < -0.4 is 11.1 Å². The lowest BCUT2D eigenvalue weighted by molar-refractivity contribution is 0.0952. The summed E-state index contributed by atoms with van der Waals surface area (Å²) >= 11 is 0. The monoisotopic (exact) mass is 182 g/mol. The number of amides is 2. The Hall–Kier alpha value is -1.85. The van der Waals surface area contributed by atoms with E-state index in [1.165, 1.54) is 17.8 Å². The van der Waals surface area contributed by atoms with Crippen LogP contribution in [0.15, 0.2) is 6.07 Å². The van der Waals surface area contributed by atoms with Crippen molar-refractivity contribution in [3.8, 4) is 0 Å². The van der Waals surface area contributed by atoms with Gasteiger partial charge in [0.25, 0.3) is 11.8 Å². The molecule has 0 radical (unpaired) electrons. The number of carbonyl (C=O) groups is 2. The molecule has 1 rings (SSSR count). The number of nitrogens with two attached hydrogens (primary N) is 1. The van der Waals surface area contributed by atoms with E-state index in [1.807, 2.05) is 0 Å². The van der Waals surface area contributed by atoms with Crippen LogP contribution in [-0.4, -0.2) is 28.6 Å². The zero-order valence-electron chi connectivity index (χ0n) is 7.37. The van der Waals surface area contributed by atoms with E-state index in [2.05, 4.69) is 10.4 Å². The molecule has 0 fully saturated rings. The molecule has 1 heterocycles. The summed E-state index contributed by atoms with van der Waals surface area (Å²) in [4.78, 5) is 21.8. The molecule has 0 saturated carbocycles. The second-order valence-corrected chi connectivity index (χ2v) is 2.48. The summed E-state index contributed by atoms with van der Waals surface area (Å²) < 4.78 is 1.30. The van der Waals surface area contributed by atoms with Crippen molar-refractivity contribution in [2.45, 2.75) is 0 Å². The predicted octanol–water partition coefficient (Wildman–Crippen LogP) is -1.12. The first-order valence-corrected chi connectivity index (χ1v) is 3.62. The predicted molar refractivity (Wildman–Crippen MR) is 45.1 cm³/mol. The fourth-order valence-corrected chi connectivity index (χ4v) is 0.928. The minimum Gasteiger partial charge on any atom is -0.364 e. The average molecular weight is 182 g/mol. The van der Waals surface area contributed by atoms with Crippen molar-refractivity contribution in [3.05, 3.63) is 17.5 Å². The average Bonchev–Trinajstić information content (AvgIpc) is 2.46. The Balaban J connectivity index is 3.10. The Kier molecular flexibility index (Phi) is 2.32. The summed E-state index contributed by atoms with van der Waals surface area (Å²) in [6, 6.07) is 1.35. The standard InChI is InChI=1S/C7H10N4O2/c1-9-7(13)5-3-4(6(8)12)10-11(5)2/h3H,1-2H3,(H2,8,12)(H,9,13). The van der Waals surface area contributed by atoms with E-state index in [-0.39, 0.29) is 11.6 Å². The fraction of sp³-hybridized carbons (Fsp3) is 0.286. The highest BCUT2D eigenvalue weighted by molar-refractivity contribution is 5.97. The molecule has 0 aliphatic heterocycles. The molecule has 13 heavy (non-hydrogen) atoms. The number of rotatable bonds is 2. The Morgan fingerprint density at radius 2 is 2.23 bits per heavy atom. The van der Waals surface area contributed by atoms with Gasteiger partial charge in [-0.1, -0.05) is 0 Å². The lowest BCUT2D eigenvalue weighted by atomic mass is 10.3. The summed E-state index contributed by atoms with van der Waals surface area (Å²) in [5, 5.41) is 6.18. The lowest BCUT2D eigenvalue weighted by Crippen LogP contribution is -2.20. The molecule has 0 aromatic carbocycles. The number of hydrogen-bond acceptors (Lipinski definition) is 3. The molecule has 1 aromatic heterocycles. The van der Waals surface area contributed by atoms with E-state index < -0.39 is 5.91 Å². The van der Waals surface area contributed by atoms with Crippen molar-refractivity contribution in [2.24, 2.45) is 12.8 Å². The number of aromatic nitrogens is 2. The third-order valence-corrected chi connectivity index (χ3v) is 1.59. The van der Waals surface area contributed by atoms with Gasteiger partial charge in [0.2, 0.25) is 0 Å². The molecule has 3 N–H and O–H groups in total. The molecule has 1 aromatic rings. The van der Waals surface area contributed by atoms with Crippen molar-refractivity contribution in [3.63, 3.8) is 0 Å². The van der Waals surface area contributed by atoms with Crippen LogP contribution in [0.5, 0.6) is 0 Å². The third kappa shape index (κ3) is 1.66. The first kappa shape index (κ1) is 9.24. The first-order chi connectivity index (χ1) is 6.06. The molecule has 6 nitrogen and oxygen atoms in total. The Bertz CT molecular complexity index is 355. The second kappa shape index (κ2) is 3.26. The van der Waals surface area contributed by atoms with Gasteiger partial charge in [-0.2, -0.15) is 5.10 Å². The lowest BCUT2D eigenvalue weighted by Gasteiger charge is -1.97. The van der Waals surface area contributed by atoms with E-state index in [1.54, 1.807) is 7.05 Å². The molecule has 0 spiro atoms. The van der Waals surface area contributed by atoms with Crippen LogP contribution in [0.1, 0.15) is 21.0 Å². The van der Waals surface area contributed by atoms with E-state index in [0.29, 0.717) is 5.69 Å². The maximum Gasteiger partial charge on any atom is 0.269 e. The van der Waals surface area contributed by atoms with Crippen molar-refractivity contribution >= 4 is 11.8 Å². The van der Waals surface area contributed by atoms with Crippen LogP contribution in [-0.2, 0) is 7.05 Å². The van der Waals surface area contributed by atoms with Gasteiger partial charge in [-0.15, -0.1) is 0 Å². The Morgan fingerprint density at radius 3 is 2.62 bits per heavy atom. The smallest absolute Gasteiger partial charge is 0.269 e. The molecule has 0 atom stereocenters. The quantitative estimate of drug-likeness (QED) is 0.607. The largest absolute Gasteiger partial charge is 0.364 e. The van der Waals surface area contributed by atoms with Crippen LogP contribution in [0.3, 0.4) is 0 Å². The highest BCUT2D eigenvalue weighted by atomic mass is 16.2. The van der Waals surface area contributed by atoms with Crippen molar-refractivity contribution in [2.75, 3.05) is 7.05 Å². The zero-order valence-corrected chi connectivity index (χ0v) is 7.37. The highest BCUT2D eigenvalue weighted by Gasteiger charge is 2.13. The van der Waals surface area contributed by atoms with Crippen LogP contribution in [0.25, 0.3) is 0 Å². The van der Waals surface area contributed by atoms with Gasteiger partial charge in [0.05, 0.1) is 0 Å². The summed E-state index contributed by atoms with van der Waals surface area (Å²) in [6.45, 7) is 0. The fourth-order valence-electron chi connectivity index (χ4n) is 0.928. The van der Waals surface area contributed by atoms with Crippen molar-refractivity contribution in [1.29, 1.82) is 0 Å². The molecular formula is C7H10N4O2. The van der Waals surface area contributed by atoms with E-state index in [9.17, 15) is 9.59 Å². The summed E-state index contributed by atoms with van der Waals surface area (Å²) in [5.41, 5.74) is 5.38. The number of carbonyl (C=O) groups excluding carboxylic acids is 2. The van der Waals surface area contributed by atoms with Crippen molar-refractivity contribution < 1.29 is 9.59 Å². The number of nitrogens with zero attached hydrogens (tertiary/aromatic N) is 2. The van der Waals surface area contributed by atoms with Gasteiger partial charge in [0.15, 0.2) is 5.69 Å². The molecule has 70 valence electrons. The van der Waals surface area contributed by atoms with Gasteiger partial charge in [0, 0.05) is 20.2 Å². The summed E-state index contributed by atoms with van der Waals surface area (Å²) in [7, 11) is 3.07.